The van der Waals surface area contributed by atoms with Crippen LogP contribution in [0, 0.1) is 0 Å². The average molecular weight is 307 g/mol. The molecule has 20 heavy (non-hydrogen) atoms. The molecule has 4 heteroatoms. The van der Waals surface area contributed by atoms with Gasteiger partial charge in [0.25, 0.3) is 0 Å². The van der Waals surface area contributed by atoms with Crippen molar-refractivity contribution in [1.29, 1.82) is 0 Å². The SMILES string of the molecule is CCc1cc(C(=O)OC)ccc1Sc1ccc(Cl)cc1. The molecule has 2 nitrogen and oxygen atoms in total. The maximum absolute atomic E-state index is 11.5. The molecule has 0 aliphatic rings. The zero-order chi connectivity index (χ0) is 14.5. The number of hydrogen-bond donors (Lipinski definition) is 0. The van der Waals surface area contributed by atoms with Crippen molar-refractivity contribution in [3.63, 3.8) is 0 Å². The monoisotopic (exact) mass is 306 g/mol. The van der Waals surface area contributed by atoms with E-state index in [0.717, 1.165) is 26.8 Å². The van der Waals surface area contributed by atoms with Gasteiger partial charge in [0.05, 0.1) is 12.7 Å². The molecule has 2 rings (SSSR count). The Hall–Kier alpha value is -1.45. The van der Waals surface area contributed by atoms with E-state index in [1.54, 1.807) is 17.8 Å². The third-order valence-corrected chi connectivity index (χ3v) is 4.28. The van der Waals surface area contributed by atoms with Gasteiger partial charge in [0.15, 0.2) is 0 Å². The summed E-state index contributed by atoms with van der Waals surface area (Å²) in [7, 11) is 1.39. The fourth-order valence-corrected chi connectivity index (χ4v) is 2.95. The smallest absolute Gasteiger partial charge is 0.337 e. The number of methoxy groups -OCH3 is 1. The summed E-state index contributed by atoms with van der Waals surface area (Å²) in [4.78, 5) is 13.8. The number of carbonyl (C=O) groups is 1. The highest BCUT2D eigenvalue weighted by Gasteiger charge is 2.10. The van der Waals surface area contributed by atoms with Gasteiger partial charge >= 0.3 is 5.97 Å². The normalized spacial score (nSPS) is 10.3. The Morgan fingerprint density at radius 1 is 1.20 bits per heavy atom. The van der Waals surface area contributed by atoms with Crippen molar-refractivity contribution in [2.24, 2.45) is 0 Å². The molecule has 0 aromatic heterocycles. The first kappa shape index (κ1) is 14.9. The molecule has 0 bridgehead atoms. The molecule has 0 aliphatic heterocycles. The van der Waals surface area contributed by atoms with Gasteiger partial charge in [-0.1, -0.05) is 30.3 Å². The highest BCUT2D eigenvalue weighted by molar-refractivity contribution is 7.99. The standard InChI is InChI=1S/C16H15ClO2S/c1-3-11-10-12(16(18)19-2)4-9-15(11)20-14-7-5-13(17)6-8-14/h4-10H,3H2,1-2H3. The number of aryl methyl sites for hydroxylation is 1. The van der Waals surface area contributed by atoms with Crippen molar-refractivity contribution in [2.75, 3.05) is 7.11 Å². The van der Waals surface area contributed by atoms with Crippen molar-refractivity contribution in [3.05, 3.63) is 58.6 Å². The summed E-state index contributed by atoms with van der Waals surface area (Å²) in [6.45, 7) is 2.07. The van der Waals surface area contributed by atoms with Crippen LogP contribution < -0.4 is 0 Å². The van der Waals surface area contributed by atoms with Gasteiger partial charge in [-0.3, -0.25) is 0 Å². The van der Waals surface area contributed by atoms with Crippen LogP contribution in [0.25, 0.3) is 0 Å². The van der Waals surface area contributed by atoms with Crippen LogP contribution >= 0.6 is 23.4 Å². The van der Waals surface area contributed by atoms with Crippen LogP contribution in [-0.2, 0) is 11.2 Å². The molecule has 2 aromatic rings. The minimum atomic E-state index is -0.303. The van der Waals surface area contributed by atoms with Crippen molar-refractivity contribution in [3.8, 4) is 0 Å². The number of esters is 1. The molecule has 0 N–H and O–H groups in total. The predicted octanol–water partition coefficient (Wildman–Crippen LogP) is 4.84. The fourth-order valence-electron chi connectivity index (χ4n) is 1.83. The number of carbonyl (C=O) groups excluding carboxylic acids is 1. The molecule has 0 heterocycles. The van der Waals surface area contributed by atoms with Crippen LogP contribution in [0.4, 0.5) is 0 Å². The van der Waals surface area contributed by atoms with Gasteiger partial charge in [-0.25, -0.2) is 4.79 Å². The number of rotatable bonds is 4. The van der Waals surface area contributed by atoms with Gasteiger partial charge in [0, 0.05) is 14.8 Å². The van der Waals surface area contributed by atoms with Crippen LogP contribution in [0.5, 0.6) is 0 Å². The van der Waals surface area contributed by atoms with E-state index < -0.39 is 0 Å². The van der Waals surface area contributed by atoms with Crippen molar-refractivity contribution < 1.29 is 9.53 Å². The van der Waals surface area contributed by atoms with Crippen LogP contribution in [0.3, 0.4) is 0 Å². The number of ether oxygens (including phenoxy) is 1. The summed E-state index contributed by atoms with van der Waals surface area (Å²) in [5.41, 5.74) is 1.72. The Labute approximate surface area is 128 Å². The molecule has 0 fully saturated rings. The first-order chi connectivity index (χ1) is 9.63. The lowest BCUT2D eigenvalue weighted by Gasteiger charge is -2.09. The van der Waals surface area contributed by atoms with E-state index in [0.29, 0.717) is 5.56 Å². The highest BCUT2D eigenvalue weighted by Crippen LogP contribution is 2.32. The molecule has 0 spiro atoms. The lowest BCUT2D eigenvalue weighted by molar-refractivity contribution is 0.0600. The van der Waals surface area contributed by atoms with E-state index in [1.807, 2.05) is 36.4 Å². The van der Waals surface area contributed by atoms with Crippen LogP contribution in [0.15, 0.2) is 52.3 Å². The molecule has 2 aromatic carbocycles. The van der Waals surface area contributed by atoms with E-state index in [4.69, 9.17) is 16.3 Å². The van der Waals surface area contributed by atoms with E-state index in [1.165, 1.54) is 7.11 Å². The lowest BCUT2D eigenvalue weighted by atomic mass is 10.1. The lowest BCUT2D eigenvalue weighted by Crippen LogP contribution is -2.02. The molecule has 0 radical (unpaired) electrons. The molecule has 0 amide bonds. The fraction of sp³-hybridized carbons (Fsp3) is 0.188. The summed E-state index contributed by atoms with van der Waals surface area (Å²) >= 11 is 7.55. The molecule has 0 unspecified atom stereocenters. The second kappa shape index (κ2) is 6.82. The van der Waals surface area contributed by atoms with Gasteiger partial charge in [-0.15, -0.1) is 0 Å². The molecule has 0 saturated carbocycles. The number of hydrogen-bond acceptors (Lipinski definition) is 3. The maximum atomic E-state index is 11.5. The minimum absolute atomic E-state index is 0.303. The summed E-state index contributed by atoms with van der Waals surface area (Å²) in [5, 5.41) is 0.728. The van der Waals surface area contributed by atoms with Gasteiger partial charge in [0.2, 0.25) is 0 Å². The molecular formula is C16H15ClO2S. The van der Waals surface area contributed by atoms with Crippen LogP contribution in [0.1, 0.15) is 22.8 Å². The number of halogens is 1. The molecule has 0 saturated heterocycles. The van der Waals surface area contributed by atoms with Gasteiger partial charge in [0.1, 0.15) is 0 Å². The topological polar surface area (TPSA) is 26.3 Å². The van der Waals surface area contributed by atoms with Crippen molar-refractivity contribution in [2.45, 2.75) is 23.1 Å². The summed E-state index contributed by atoms with van der Waals surface area (Å²) in [6.07, 6.45) is 0.862. The quantitative estimate of drug-likeness (QED) is 0.756. The second-order valence-electron chi connectivity index (χ2n) is 4.22. The van der Waals surface area contributed by atoms with E-state index >= 15 is 0 Å². The maximum Gasteiger partial charge on any atom is 0.337 e. The zero-order valence-electron chi connectivity index (χ0n) is 11.4. The Morgan fingerprint density at radius 3 is 2.50 bits per heavy atom. The molecule has 0 atom stereocenters. The Bertz CT molecular complexity index is 608. The van der Waals surface area contributed by atoms with Crippen molar-refractivity contribution >= 4 is 29.3 Å². The third kappa shape index (κ3) is 3.56. The molecule has 0 aliphatic carbocycles. The summed E-state index contributed by atoms with van der Waals surface area (Å²) < 4.78 is 4.75. The van der Waals surface area contributed by atoms with Gasteiger partial charge in [-0.2, -0.15) is 0 Å². The largest absolute Gasteiger partial charge is 0.465 e. The van der Waals surface area contributed by atoms with E-state index in [9.17, 15) is 4.79 Å². The van der Waals surface area contributed by atoms with Crippen molar-refractivity contribution in [1.82, 2.24) is 0 Å². The average Bonchev–Trinajstić information content (AvgIpc) is 2.49. The highest BCUT2D eigenvalue weighted by atomic mass is 35.5. The van der Waals surface area contributed by atoms with Crippen LogP contribution in [0.2, 0.25) is 5.02 Å². The van der Waals surface area contributed by atoms with Crippen LogP contribution in [-0.4, -0.2) is 13.1 Å². The van der Waals surface area contributed by atoms with E-state index in [-0.39, 0.29) is 5.97 Å². The van der Waals surface area contributed by atoms with E-state index in [2.05, 4.69) is 6.92 Å². The number of benzene rings is 2. The second-order valence-corrected chi connectivity index (χ2v) is 5.78. The molecule has 104 valence electrons. The molecular weight excluding hydrogens is 292 g/mol. The Balaban J connectivity index is 2.27. The van der Waals surface area contributed by atoms with Gasteiger partial charge in [-0.05, 0) is 54.4 Å². The minimum Gasteiger partial charge on any atom is -0.465 e. The predicted molar refractivity (Wildman–Crippen MR) is 82.7 cm³/mol. The summed E-state index contributed by atoms with van der Waals surface area (Å²) in [5.74, 6) is -0.303. The Kier molecular flexibility index (Phi) is 5.10. The van der Waals surface area contributed by atoms with Gasteiger partial charge < -0.3 is 4.74 Å². The zero-order valence-corrected chi connectivity index (χ0v) is 12.9. The first-order valence-electron chi connectivity index (χ1n) is 6.28. The first-order valence-corrected chi connectivity index (χ1v) is 7.48. The summed E-state index contributed by atoms with van der Waals surface area (Å²) in [6, 6.07) is 13.4. The third-order valence-electron chi connectivity index (χ3n) is 2.90. The Morgan fingerprint density at radius 2 is 1.90 bits per heavy atom.